The molecule has 1 saturated heterocycles. The second kappa shape index (κ2) is 3.06. The number of hydrogen-bond acceptors (Lipinski definition) is 3. The van der Waals surface area contributed by atoms with Gasteiger partial charge in [0.15, 0.2) is 5.60 Å². The maximum Gasteiger partial charge on any atom is 0.412 e. The van der Waals surface area contributed by atoms with Crippen LogP contribution in [0.2, 0.25) is 0 Å². The zero-order valence-electron chi connectivity index (χ0n) is 13.2. The van der Waals surface area contributed by atoms with E-state index in [1.165, 1.54) is 12.1 Å². The molecule has 6 aliphatic carbocycles. The molecular weight excluding hydrogens is 323 g/mol. The summed E-state index contributed by atoms with van der Waals surface area (Å²) >= 11 is 0. The van der Waals surface area contributed by atoms with Crippen LogP contribution in [0.4, 0.5) is 14.9 Å². The van der Waals surface area contributed by atoms with Crippen LogP contribution in [0.15, 0.2) is 18.2 Å². The molecular formula is C19H15FN2O3. The molecule has 126 valence electrons. The van der Waals surface area contributed by atoms with Crippen LogP contribution in [0.25, 0.3) is 0 Å². The summed E-state index contributed by atoms with van der Waals surface area (Å²) in [6, 6.07) is 4.31. The van der Waals surface area contributed by atoms with Gasteiger partial charge in [0, 0.05) is 5.56 Å². The van der Waals surface area contributed by atoms with Gasteiger partial charge in [0.05, 0.1) is 24.2 Å². The number of anilines is 1. The highest BCUT2D eigenvalue weighted by atomic mass is 19.1. The van der Waals surface area contributed by atoms with Crippen LogP contribution in [-0.2, 0) is 15.1 Å². The number of benzene rings is 1. The molecule has 0 unspecified atom stereocenters. The smallest absolute Gasteiger partial charge is 0.412 e. The van der Waals surface area contributed by atoms with Gasteiger partial charge >= 0.3 is 6.09 Å². The van der Waals surface area contributed by atoms with Gasteiger partial charge in [0.25, 0.3) is 0 Å². The normalized spacial score (nSPS) is 52.0. The summed E-state index contributed by atoms with van der Waals surface area (Å²) in [5, 5.41) is 2.62. The second-order valence-corrected chi connectivity index (χ2v) is 9.18. The number of ether oxygens (including phenoxy) is 1. The average Bonchev–Trinajstić information content (AvgIpc) is 2.59. The number of likely N-dealkylation sites (tertiary alicyclic amines) is 1. The number of halogens is 1. The average molecular weight is 338 g/mol. The van der Waals surface area contributed by atoms with Crippen LogP contribution >= 0.6 is 0 Å². The minimum atomic E-state index is -0.881. The Morgan fingerprint density at radius 1 is 1.16 bits per heavy atom. The van der Waals surface area contributed by atoms with E-state index in [0.717, 1.165) is 23.7 Å². The Labute approximate surface area is 142 Å². The molecule has 2 aliphatic heterocycles. The number of rotatable bonds is 1. The van der Waals surface area contributed by atoms with E-state index < -0.39 is 11.7 Å². The summed E-state index contributed by atoms with van der Waals surface area (Å²) in [7, 11) is 0. The first-order valence-corrected chi connectivity index (χ1v) is 9.17. The molecule has 5 nitrogen and oxygen atoms in total. The molecule has 1 spiro atoms. The highest BCUT2D eigenvalue weighted by Gasteiger charge is 3.06. The topological polar surface area (TPSA) is 58.6 Å². The van der Waals surface area contributed by atoms with Gasteiger partial charge in [0.2, 0.25) is 5.91 Å². The molecule has 1 N–H and O–H groups in total. The molecule has 7 fully saturated rings. The number of hydrogen-bond donors (Lipinski definition) is 1. The van der Waals surface area contributed by atoms with Crippen molar-refractivity contribution in [1.29, 1.82) is 0 Å². The summed E-state index contributed by atoms with van der Waals surface area (Å²) in [5.74, 6) is 5.52. The molecule has 2 amide bonds. The van der Waals surface area contributed by atoms with E-state index in [2.05, 4.69) is 5.32 Å². The Hall–Kier alpha value is -2.11. The number of nitrogens with one attached hydrogen (secondary N) is 1. The van der Waals surface area contributed by atoms with E-state index in [0.29, 0.717) is 42.1 Å². The van der Waals surface area contributed by atoms with E-state index in [1.807, 2.05) is 4.90 Å². The van der Waals surface area contributed by atoms with Crippen molar-refractivity contribution in [3.63, 3.8) is 0 Å². The molecule has 1 aromatic carbocycles. The van der Waals surface area contributed by atoms with Gasteiger partial charge in [-0.1, -0.05) is 0 Å². The maximum absolute atomic E-state index is 13.7. The Bertz CT molecular complexity index is 901. The molecule has 0 bridgehead atoms. The number of amides is 2. The summed E-state index contributed by atoms with van der Waals surface area (Å²) in [6.07, 6.45) is -0.525. The third-order valence-corrected chi connectivity index (χ3v) is 9.02. The van der Waals surface area contributed by atoms with Gasteiger partial charge in [-0.2, -0.15) is 0 Å². The highest BCUT2D eigenvalue weighted by molar-refractivity contribution is 5.94. The van der Waals surface area contributed by atoms with E-state index in [9.17, 15) is 14.0 Å². The summed E-state index contributed by atoms with van der Waals surface area (Å²) < 4.78 is 19.3. The van der Waals surface area contributed by atoms with Gasteiger partial charge in [0.1, 0.15) is 5.82 Å². The summed E-state index contributed by atoms with van der Waals surface area (Å²) in [6.45, 7) is 0.708. The predicted octanol–water partition coefficient (Wildman–Crippen LogP) is 1.79. The van der Waals surface area contributed by atoms with Crippen LogP contribution in [0.1, 0.15) is 5.56 Å². The molecule has 25 heavy (non-hydrogen) atoms. The van der Waals surface area contributed by atoms with E-state index in [-0.39, 0.29) is 17.1 Å². The van der Waals surface area contributed by atoms with Crippen LogP contribution in [0.5, 0.6) is 0 Å². The van der Waals surface area contributed by atoms with E-state index in [4.69, 9.17) is 4.74 Å². The van der Waals surface area contributed by atoms with Gasteiger partial charge in [-0.25, -0.2) is 9.18 Å². The zero-order valence-corrected chi connectivity index (χ0v) is 13.2. The van der Waals surface area contributed by atoms with Gasteiger partial charge < -0.3 is 9.64 Å². The predicted molar refractivity (Wildman–Crippen MR) is 81.6 cm³/mol. The Morgan fingerprint density at radius 3 is 2.52 bits per heavy atom. The van der Waals surface area contributed by atoms with E-state index >= 15 is 0 Å². The van der Waals surface area contributed by atoms with Gasteiger partial charge in [-0.3, -0.25) is 10.1 Å². The SMILES string of the molecule is O=C1Nc2ccc(F)cc2C2(CN(C(=O)C34C5C6C7C5C3C7C64)C2)O1. The van der Waals surface area contributed by atoms with Gasteiger partial charge in [-0.15, -0.1) is 0 Å². The molecule has 6 saturated carbocycles. The molecule has 0 atom stereocenters. The first-order chi connectivity index (χ1) is 12.1. The fourth-order valence-electron chi connectivity index (χ4n) is 8.45. The Balaban J connectivity index is 1.12. The van der Waals surface area contributed by atoms with E-state index in [1.54, 1.807) is 6.07 Å². The minimum absolute atomic E-state index is 0.0297. The lowest BCUT2D eigenvalue weighted by molar-refractivity contribution is -0.597. The third kappa shape index (κ3) is 0.868. The third-order valence-electron chi connectivity index (χ3n) is 9.02. The van der Waals surface area contributed by atoms with Crippen molar-refractivity contribution in [2.75, 3.05) is 18.4 Å². The molecule has 0 aromatic heterocycles. The van der Waals surface area contributed by atoms with Crippen molar-refractivity contribution in [1.82, 2.24) is 4.90 Å². The monoisotopic (exact) mass is 338 g/mol. The van der Waals surface area contributed by atoms with Crippen molar-refractivity contribution < 1.29 is 18.7 Å². The van der Waals surface area contributed by atoms with Crippen LogP contribution in [-0.4, -0.2) is 30.0 Å². The fraction of sp³-hybridized carbons (Fsp3) is 0.579. The second-order valence-electron chi connectivity index (χ2n) is 9.18. The first kappa shape index (κ1) is 12.3. The van der Waals surface area contributed by atoms with Crippen LogP contribution < -0.4 is 5.32 Å². The Kier molecular flexibility index (Phi) is 1.50. The van der Waals surface area contributed by atoms with Crippen molar-refractivity contribution in [3.8, 4) is 0 Å². The number of nitrogens with zero attached hydrogens (tertiary/aromatic N) is 1. The van der Waals surface area contributed by atoms with Crippen LogP contribution in [0, 0.1) is 52.7 Å². The molecule has 2 heterocycles. The van der Waals surface area contributed by atoms with Crippen LogP contribution in [0.3, 0.4) is 0 Å². The lowest BCUT2D eigenvalue weighted by Gasteiger charge is -3.06. The number of carbonyl (C=O) groups is 2. The lowest BCUT2D eigenvalue weighted by atomic mass is 8.96. The number of fused-ring (bicyclic) bond motifs is 2. The molecule has 6 heteroatoms. The molecule has 8 aliphatic rings. The summed E-state index contributed by atoms with van der Waals surface area (Å²) in [5.41, 5.74) is 0.318. The quantitative estimate of drug-likeness (QED) is 0.849. The maximum atomic E-state index is 13.7. The standard InChI is InChI=1S/C19H15FN2O3/c20-6-1-2-8-7(3-6)18(25-17(24)21-8)4-22(5-18)16(23)19-13-10-9-11(13)15(19)12(9)14(10)19/h1-3,9-15H,4-5H2,(H,21,24). The first-order valence-electron chi connectivity index (χ1n) is 9.17. The summed E-state index contributed by atoms with van der Waals surface area (Å²) in [4.78, 5) is 27.0. The Morgan fingerprint density at radius 2 is 1.84 bits per heavy atom. The minimum Gasteiger partial charge on any atom is -0.434 e. The highest BCUT2D eigenvalue weighted by Crippen LogP contribution is 3.06. The lowest BCUT2D eigenvalue weighted by Crippen LogP contribution is -3.07. The largest absolute Gasteiger partial charge is 0.434 e. The molecule has 0 radical (unpaired) electrons. The number of carbonyl (C=O) groups excluding carboxylic acids is 2. The van der Waals surface area contributed by atoms with Crippen molar-refractivity contribution in [2.45, 2.75) is 5.60 Å². The fourth-order valence-corrected chi connectivity index (χ4v) is 8.45. The van der Waals surface area contributed by atoms with Gasteiger partial charge in [-0.05, 0) is 59.6 Å². The zero-order chi connectivity index (χ0) is 16.5. The molecule has 9 rings (SSSR count). The van der Waals surface area contributed by atoms with Crippen molar-refractivity contribution in [2.24, 2.45) is 46.8 Å². The molecule has 1 aromatic rings. The van der Waals surface area contributed by atoms with Crippen molar-refractivity contribution >= 4 is 17.7 Å². The van der Waals surface area contributed by atoms with Crippen molar-refractivity contribution in [3.05, 3.63) is 29.6 Å².